The summed E-state index contributed by atoms with van der Waals surface area (Å²) < 4.78 is 0. The van der Waals surface area contributed by atoms with Gasteiger partial charge < -0.3 is 5.11 Å². The first kappa shape index (κ1) is 8.55. The van der Waals surface area contributed by atoms with Crippen molar-refractivity contribution in [2.45, 2.75) is 44.9 Å². The molecule has 0 aromatic heterocycles. The molecule has 0 aromatic rings. The fourth-order valence-electron chi connectivity index (χ4n) is 3.29. The molecule has 1 nitrogen and oxygen atoms in total. The van der Waals surface area contributed by atoms with Gasteiger partial charge in [0.2, 0.25) is 0 Å². The number of rotatable bonds is 2. The van der Waals surface area contributed by atoms with Crippen molar-refractivity contribution >= 4 is 0 Å². The van der Waals surface area contributed by atoms with Gasteiger partial charge in [-0.1, -0.05) is 19.3 Å². The molecule has 70 valence electrons. The van der Waals surface area contributed by atoms with Crippen LogP contribution in [-0.2, 0) is 0 Å². The number of fused-ring (bicyclic) bond motifs is 2. The Morgan fingerprint density at radius 2 is 1.67 bits per heavy atom. The number of aliphatic hydroxyl groups is 1. The second-order valence-electron chi connectivity index (χ2n) is 4.75. The fourth-order valence-corrected chi connectivity index (χ4v) is 3.29. The highest BCUT2D eigenvalue weighted by Crippen LogP contribution is 2.43. The lowest BCUT2D eigenvalue weighted by Crippen LogP contribution is -2.27. The lowest BCUT2D eigenvalue weighted by atomic mass is 9.67. The molecular formula is C11H20O. The van der Waals surface area contributed by atoms with Crippen molar-refractivity contribution in [2.24, 2.45) is 17.8 Å². The molecule has 2 saturated carbocycles. The highest BCUT2D eigenvalue weighted by molar-refractivity contribution is 4.82. The molecule has 2 rings (SSSR count). The topological polar surface area (TPSA) is 20.2 Å². The van der Waals surface area contributed by atoms with Crippen molar-refractivity contribution in [3.8, 4) is 0 Å². The summed E-state index contributed by atoms with van der Waals surface area (Å²) in [6.45, 7) is 0.407. The van der Waals surface area contributed by atoms with Gasteiger partial charge in [0.1, 0.15) is 0 Å². The summed E-state index contributed by atoms with van der Waals surface area (Å²) in [6, 6.07) is 0. The zero-order chi connectivity index (χ0) is 8.39. The quantitative estimate of drug-likeness (QED) is 0.672. The van der Waals surface area contributed by atoms with Crippen LogP contribution < -0.4 is 0 Å². The summed E-state index contributed by atoms with van der Waals surface area (Å²) >= 11 is 0. The maximum Gasteiger partial charge on any atom is 0.0433 e. The van der Waals surface area contributed by atoms with Gasteiger partial charge in [0.05, 0.1) is 0 Å². The van der Waals surface area contributed by atoms with Crippen LogP contribution in [0.15, 0.2) is 0 Å². The Labute approximate surface area is 75.2 Å². The second kappa shape index (κ2) is 3.78. The van der Waals surface area contributed by atoms with Crippen LogP contribution in [0.3, 0.4) is 0 Å². The Morgan fingerprint density at radius 1 is 1.00 bits per heavy atom. The zero-order valence-electron chi connectivity index (χ0n) is 7.84. The van der Waals surface area contributed by atoms with E-state index >= 15 is 0 Å². The third-order valence-corrected chi connectivity index (χ3v) is 3.76. The van der Waals surface area contributed by atoms with Gasteiger partial charge in [-0.15, -0.1) is 0 Å². The van der Waals surface area contributed by atoms with Crippen LogP contribution in [0.2, 0.25) is 0 Å². The SMILES string of the molecule is OCCC1C[C@H]2CCC[C@@H](C1)C2. The van der Waals surface area contributed by atoms with Gasteiger partial charge >= 0.3 is 0 Å². The molecule has 2 aliphatic rings. The molecule has 1 N–H and O–H groups in total. The first-order chi connectivity index (χ1) is 5.88. The molecule has 0 aliphatic heterocycles. The summed E-state index contributed by atoms with van der Waals surface area (Å²) in [5, 5.41) is 8.88. The summed E-state index contributed by atoms with van der Waals surface area (Å²) in [7, 11) is 0. The minimum Gasteiger partial charge on any atom is -0.396 e. The average Bonchev–Trinajstić information content (AvgIpc) is 2.04. The first-order valence-corrected chi connectivity index (χ1v) is 5.49. The molecule has 1 unspecified atom stereocenters. The Morgan fingerprint density at radius 3 is 2.25 bits per heavy atom. The largest absolute Gasteiger partial charge is 0.396 e. The van der Waals surface area contributed by atoms with Crippen LogP contribution in [0.5, 0.6) is 0 Å². The van der Waals surface area contributed by atoms with E-state index in [1.165, 1.54) is 38.5 Å². The molecule has 12 heavy (non-hydrogen) atoms. The third-order valence-electron chi connectivity index (χ3n) is 3.76. The van der Waals surface area contributed by atoms with E-state index in [0.29, 0.717) is 6.61 Å². The van der Waals surface area contributed by atoms with Gasteiger partial charge in [-0.25, -0.2) is 0 Å². The molecule has 2 bridgehead atoms. The minimum absolute atomic E-state index is 0.407. The van der Waals surface area contributed by atoms with Crippen molar-refractivity contribution in [3.05, 3.63) is 0 Å². The molecule has 0 aromatic carbocycles. The van der Waals surface area contributed by atoms with Crippen molar-refractivity contribution in [1.29, 1.82) is 0 Å². The van der Waals surface area contributed by atoms with Gasteiger partial charge in [-0.3, -0.25) is 0 Å². The minimum atomic E-state index is 0.407. The van der Waals surface area contributed by atoms with Gasteiger partial charge in [-0.2, -0.15) is 0 Å². The Bertz CT molecular complexity index is 132. The Hall–Kier alpha value is -0.0400. The number of hydrogen-bond donors (Lipinski definition) is 1. The van der Waals surface area contributed by atoms with Crippen LogP contribution >= 0.6 is 0 Å². The molecule has 0 radical (unpaired) electrons. The molecule has 1 heteroatoms. The molecule has 0 heterocycles. The smallest absolute Gasteiger partial charge is 0.0433 e. The van der Waals surface area contributed by atoms with E-state index in [0.717, 1.165) is 24.2 Å². The van der Waals surface area contributed by atoms with Crippen molar-refractivity contribution in [2.75, 3.05) is 6.61 Å². The summed E-state index contributed by atoms with van der Waals surface area (Å²) in [6.07, 6.45) is 9.81. The van der Waals surface area contributed by atoms with E-state index in [4.69, 9.17) is 5.11 Å². The fraction of sp³-hybridized carbons (Fsp3) is 1.00. The molecular weight excluding hydrogens is 148 g/mol. The summed E-state index contributed by atoms with van der Waals surface area (Å²) in [5.74, 6) is 2.90. The Balaban J connectivity index is 1.87. The van der Waals surface area contributed by atoms with Crippen molar-refractivity contribution < 1.29 is 5.11 Å². The molecule has 0 amide bonds. The van der Waals surface area contributed by atoms with E-state index in [2.05, 4.69) is 0 Å². The van der Waals surface area contributed by atoms with E-state index < -0.39 is 0 Å². The van der Waals surface area contributed by atoms with Crippen LogP contribution in [0.4, 0.5) is 0 Å². The lowest BCUT2D eigenvalue weighted by Gasteiger charge is -2.38. The molecule has 2 aliphatic carbocycles. The number of hydrogen-bond acceptors (Lipinski definition) is 1. The predicted molar refractivity (Wildman–Crippen MR) is 49.9 cm³/mol. The normalized spacial score (nSPS) is 41.2. The molecule has 2 fully saturated rings. The van der Waals surface area contributed by atoms with Crippen molar-refractivity contribution in [3.63, 3.8) is 0 Å². The maximum absolute atomic E-state index is 8.88. The van der Waals surface area contributed by atoms with Crippen LogP contribution in [0, 0.1) is 17.8 Å². The monoisotopic (exact) mass is 168 g/mol. The standard InChI is InChI=1S/C11H20O/c12-5-4-11-7-9-2-1-3-10(6-9)8-11/h9-12H,1-8H2/t9-,10+,11?. The zero-order valence-corrected chi connectivity index (χ0v) is 7.84. The molecule has 0 saturated heterocycles. The summed E-state index contributed by atoms with van der Waals surface area (Å²) in [5.41, 5.74) is 0. The van der Waals surface area contributed by atoms with Gasteiger partial charge in [0.25, 0.3) is 0 Å². The van der Waals surface area contributed by atoms with Crippen LogP contribution in [0.1, 0.15) is 44.9 Å². The van der Waals surface area contributed by atoms with Crippen molar-refractivity contribution in [1.82, 2.24) is 0 Å². The highest BCUT2D eigenvalue weighted by atomic mass is 16.3. The van der Waals surface area contributed by atoms with Crippen LogP contribution in [0.25, 0.3) is 0 Å². The second-order valence-corrected chi connectivity index (χ2v) is 4.75. The number of aliphatic hydroxyl groups excluding tert-OH is 1. The predicted octanol–water partition coefficient (Wildman–Crippen LogP) is 2.59. The van der Waals surface area contributed by atoms with Crippen LogP contribution in [-0.4, -0.2) is 11.7 Å². The van der Waals surface area contributed by atoms with E-state index in [9.17, 15) is 0 Å². The summed E-state index contributed by atoms with van der Waals surface area (Å²) in [4.78, 5) is 0. The average molecular weight is 168 g/mol. The van der Waals surface area contributed by atoms with Gasteiger partial charge in [-0.05, 0) is 43.4 Å². The van der Waals surface area contributed by atoms with Gasteiger partial charge in [0, 0.05) is 6.61 Å². The van der Waals surface area contributed by atoms with E-state index in [1.807, 2.05) is 0 Å². The van der Waals surface area contributed by atoms with E-state index in [-0.39, 0.29) is 0 Å². The highest BCUT2D eigenvalue weighted by Gasteiger charge is 2.31. The third kappa shape index (κ3) is 1.82. The van der Waals surface area contributed by atoms with Gasteiger partial charge in [0.15, 0.2) is 0 Å². The maximum atomic E-state index is 8.88. The van der Waals surface area contributed by atoms with E-state index in [1.54, 1.807) is 0 Å². The molecule has 3 atom stereocenters. The Kier molecular flexibility index (Phi) is 2.69. The molecule has 0 spiro atoms. The first-order valence-electron chi connectivity index (χ1n) is 5.49. The lowest BCUT2D eigenvalue weighted by molar-refractivity contribution is 0.117.